The number of hydrogen-bond donors (Lipinski definition) is 1. The monoisotopic (exact) mass is 309 g/mol. The van der Waals surface area contributed by atoms with Crippen molar-refractivity contribution in [3.05, 3.63) is 28.5 Å². The molecule has 2 aromatic heterocycles. The largest absolute Gasteiger partial charge is 0.393 e. The second kappa shape index (κ2) is 4.63. The fourth-order valence-electron chi connectivity index (χ4n) is 2.79. The van der Waals surface area contributed by atoms with Crippen molar-refractivity contribution in [1.29, 1.82) is 0 Å². The fraction of sp³-hybridized carbons (Fsp3) is 0.538. The molecule has 0 aromatic carbocycles. The molecule has 5 heteroatoms. The minimum atomic E-state index is -0.126. The van der Waals surface area contributed by atoms with Crippen LogP contribution in [0.5, 0.6) is 0 Å². The molecule has 0 radical (unpaired) electrons. The Bertz CT molecular complexity index is 573. The summed E-state index contributed by atoms with van der Waals surface area (Å²) in [5.41, 5.74) is 2.04. The third-order valence-electron chi connectivity index (χ3n) is 3.78. The van der Waals surface area contributed by atoms with Crippen LogP contribution in [0.4, 0.5) is 0 Å². The van der Waals surface area contributed by atoms with E-state index in [2.05, 4.69) is 30.3 Å². The number of hydrogen-bond acceptors (Lipinski definition) is 3. The first-order valence-corrected chi connectivity index (χ1v) is 7.13. The molecule has 0 aliphatic heterocycles. The number of nitrogens with zero attached hydrogens (tertiary/aromatic N) is 3. The molecular weight excluding hydrogens is 294 g/mol. The van der Waals surface area contributed by atoms with Gasteiger partial charge in [0.05, 0.1) is 11.8 Å². The molecule has 0 amide bonds. The lowest BCUT2D eigenvalue weighted by molar-refractivity contribution is 0.121. The highest BCUT2D eigenvalue weighted by Gasteiger charge is 2.25. The van der Waals surface area contributed by atoms with Gasteiger partial charge in [0, 0.05) is 18.3 Å². The first-order valence-electron chi connectivity index (χ1n) is 6.34. The van der Waals surface area contributed by atoms with Crippen LogP contribution >= 0.6 is 15.9 Å². The zero-order valence-corrected chi connectivity index (χ0v) is 11.9. The van der Waals surface area contributed by atoms with Gasteiger partial charge in [-0.1, -0.05) is 0 Å². The number of fused-ring (bicyclic) bond motifs is 1. The number of aliphatic hydroxyl groups is 1. The highest BCUT2D eigenvalue weighted by Crippen LogP contribution is 2.34. The lowest BCUT2D eigenvalue weighted by atomic mass is 9.87. The Balaban J connectivity index is 2.05. The zero-order chi connectivity index (χ0) is 12.7. The minimum Gasteiger partial charge on any atom is -0.393 e. The summed E-state index contributed by atoms with van der Waals surface area (Å²) in [7, 11) is 0. The van der Waals surface area contributed by atoms with Gasteiger partial charge >= 0.3 is 0 Å². The highest BCUT2D eigenvalue weighted by molar-refractivity contribution is 9.10. The van der Waals surface area contributed by atoms with E-state index in [-0.39, 0.29) is 6.10 Å². The molecule has 2 aromatic rings. The molecule has 3 rings (SSSR count). The van der Waals surface area contributed by atoms with Gasteiger partial charge in [0.15, 0.2) is 0 Å². The molecule has 96 valence electrons. The molecule has 0 atom stereocenters. The van der Waals surface area contributed by atoms with Gasteiger partial charge in [-0.3, -0.25) is 9.38 Å². The van der Waals surface area contributed by atoms with Gasteiger partial charge in [-0.25, -0.2) is 4.98 Å². The van der Waals surface area contributed by atoms with E-state index < -0.39 is 0 Å². The van der Waals surface area contributed by atoms with Crippen molar-refractivity contribution in [3.63, 3.8) is 0 Å². The smallest absolute Gasteiger partial charge is 0.134 e. The first-order chi connectivity index (χ1) is 8.66. The van der Waals surface area contributed by atoms with Gasteiger partial charge in [0.1, 0.15) is 15.9 Å². The van der Waals surface area contributed by atoms with Gasteiger partial charge < -0.3 is 5.11 Å². The molecule has 4 nitrogen and oxygen atoms in total. The Morgan fingerprint density at radius 1 is 1.33 bits per heavy atom. The predicted octanol–water partition coefficient (Wildman–Crippen LogP) is 2.82. The highest BCUT2D eigenvalue weighted by atomic mass is 79.9. The number of aromatic nitrogens is 3. The van der Waals surface area contributed by atoms with Gasteiger partial charge in [-0.05, 0) is 48.5 Å². The maximum atomic E-state index is 9.59. The topological polar surface area (TPSA) is 50.4 Å². The maximum absolute atomic E-state index is 9.59. The summed E-state index contributed by atoms with van der Waals surface area (Å²) >= 11 is 3.53. The van der Waals surface area contributed by atoms with E-state index >= 15 is 0 Å². The van der Waals surface area contributed by atoms with E-state index in [4.69, 9.17) is 0 Å². The Morgan fingerprint density at radius 2 is 2.06 bits per heavy atom. The van der Waals surface area contributed by atoms with Crippen LogP contribution in [0.15, 0.2) is 17.0 Å². The third kappa shape index (κ3) is 1.95. The zero-order valence-electron chi connectivity index (χ0n) is 10.3. The minimum absolute atomic E-state index is 0.126. The lowest BCUT2D eigenvalue weighted by Crippen LogP contribution is -2.18. The van der Waals surface area contributed by atoms with Gasteiger partial charge in [-0.15, -0.1) is 0 Å². The Morgan fingerprint density at radius 3 is 2.78 bits per heavy atom. The molecule has 0 bridgehead atoms. The summed E-state index contributed by atoms with van der Waals surface area (Å²) in [6.07, 6.45) is 7.43. The van der Waals surface area contributed by atoms with Crippen LogP contribution in [0, 0.1) is 6.92 Å². The van der Waals surface area contributed by atoms with Crippen molar-refractivity contribution in [2.45, 2.75) is 44.6 Å². The SMILES string of the molecule is Cc1nccn2c(C3CCC(O)CC3)nc(Br)c12. The van der Waals surface area contributed by atoms with Crippen LogP contribution in [-0.2, 0) is 0 Å². The summed E-state index contributed by atoms with van der Waals surface area (Å²) in [6, 6.07) is 0. The van der Waals surface area contributed by atoms with E-state index in [1.165, 1.54) is 0 Å². The predicted molar refractivity (Wildman–Crippen MR) is 72.6 cm³/mol. The molecule has 0 unspecified atom stereocenters. The summed E-state index contributed by atoms with van der Waals surface area (Å²) < 4.78 is 3.00. The molecule has 2 heterocycles. The van der Waals surface area contributed by atoms with Crippen LogP contribution < -0.4 is 0 Å². The van der Waals surface area contributed by atoms with Crippen molar-refractivity contribution in [2.24, 2.45) is 0 Å². The molecule has 1 aliphatic rings. The maximum Gasteiger partial charge on any atom is 0.134 e. The average Bonchev–Trinajstić information content (AvgIpc) is 2.69. The van der Waals surface area contributed by atoms with Crippen LogP contribution in [0.2, 0.25) is 0 Å². The molecule has 1 N–H and O–H groups in total. The van der Waals surface area contributed by atoms with Crippen molar-refractivity contribution >= 4 is 21.4 Å². The molecule has 1 fully saturated rings. The molecule has 1 aliphatic carbocycles. The molecule has 0 saturated heterocycles. The second-order valence-corrected chi connectivity index (χ2v) is 5.75. The number of aliphatic hydroxyl groups excluding tert-OH is 1. The van der Waals surface area contributed by atoms with Crippen molar-refractivity contribution in [2.75, 3.05) is 0 Å². The third-order valence-corrected chi connectivity index (χ3v) is 4.34. The van der Waals surface area contributed by atoms with Crippen LogP contribution in [-0.4, -0.2) is 25.6 Å². The van der Waals surface area contributed by atoms with Gasteiger partial charge in [0.25, 0.3) is 0 Å². The van der Waals surface area contributed by atoms with E-state index in [0.717, 1.165) is 47.3 Å². The second-order valence-electron chi connectivity index (χ2n) is 5.00. The lowest BCUT2D eigenvalue weighted by Gasteiger charge is -2.24. The average molecular weight is 310 g/mol. The Labute approximate surface area is 114 Å². The van der Waals surface area contributed by atoms with Crippen molar-refractivity contribution in [3.8, 4) is 0 Å². The van der Waals surface area contributed by atoms with E-state index in [1.54, 1.807) is 0 Å². The van der Waals surface area contributed by atoms with Crippen LogP contribution in [0.1, 0.15) is 43.1 Å². The van der Waals surface area contributed by atoms with Crippen LogP contribution in [0.25, 0.3) is 5.52 Å². The summed E-state index contributed by atoms with van der Waals surface area (Å²) in [5.74, 6) is 1.53. The normalized spacial score (nSPS) is 24.6. The molecule has 18 heavy (non-hydrogen) atoms. The van der Waals surface area contributed by atoms with E-state index in [1.807, 2.05) is 19.3 Å². The number of rotatable bonds is 1. The fourth-order valence-corrected chi connectivity index (χ4v) is 3.45. The number of aryl methyl sites for hydroxylation is 1. The quantitative estimate of drug-likeness (QED) is 0.881. The standard InChI is InChI=1S/C13H16BrN3O/c1-8-11-12(14)16-13(17(11)7-6-15-8)9-2-4-10(18)5-3-9/h6-7,9-10,18H,2-5H2,1H3. The van der Waals surface area contributed by atoms with Gasteiger partial charge in [-0.2, -0.15) is 0 Å². The van der Waals surface area contributed by atoms with E-state index in [9.17, 15) is 5.11 Å². The van der Waals surface area contributed by atoms with Crippen molar-refractivity contribution in [1.82, 2.24) is 14.4 Å². The summed E-state index contributed by atoms with van der Waals surface area (Å²) in [6.45, 7) is 2.00. The number of halogens is 1. The first kappa shape index (κ1) is 12.1. The molecular formula is C13H16BrN3O. The Hall–Kier alpha value is -0.940. The Kier molecular flexibility index (Phi) is 3.11. The summed E-state index contributed by atoms with van der Waals surface area (Å²) in [5, 5.41) is 9.59. The van der Waals surface area contributed by atoms with Crippen LogP contribution in [0.3, 0.4) is 0 Å². The van der Waals surface area contributed by atoms with Crippen molar-refractivity contribution < 1.29 is 5.11 Å². The van der Waals surface area contributed by atoms with Gasteiger partial charge in [0.2, 0.25) is 0 Å². The number of imidazole rings is 1. The molecule has 1 saturated carbocycles. The van der Waals surface area contributed by atoms with E-state index in [0.29, 0.717) is 5.92 Å². The summed E-state index contributed by atoms with van der Waals surface area (Å²) in [4.78, 5) is 8.97. The molecule has 0 spiro atoms.